The van der Waals surface area contributed by atoms with Crippen molar-refractivity contribution >= 4 is 41.2 Å². The first-order chi connectivity index (χ1) is 9.16. The van der Waals surface area contributed by atoms with E-state index in [0.29, 0.717) is 5.01 Å². The highest BCUT2D eigenvalue weighted by atomic mass is 35.5. The number of nitrogens with zero attached hydrogens (tertiary/aromatic N) is 4. The Kier molecular flexibility index (Phi) is 4.24. The molecule has 0 saturated carbocycles. The van der Waals surface area contributed by atoms with E-state index in [1.165, 1.54) is 0 Å². The molecule has 1 aromatic heterocycles. The van der Waals surface area contributed by atoms with Gasteiger partial charge < -0.3 is 17.2 Å². The van der Waals surface area contributed by atoms with Crippen molar-refractivity contribution in [3.63, 3.8) is 0 Å². The van der Waals surface area contributed by atoms with Crippen LogP contribution in [-0.4, -0.2) is 27.9 Å². The molecule has 0 atom stereocenters. The van der Waals surface area contributed by atoms with Crippen LogP contribution in [0.3, 0.4) is 0 Å². The number of nitrogens with two attached hydrogens (primary N) is 5. The molecule has 0 radical (unpaired) electrons. The summed E-state index contributed by atoms with van der Waals surface area (Å²) >= 11 is 5.68. The van der Waals surface area contributed by atoms with Crippen molar-refractivity contribution in [2.24, 2.45) is 28.9 Å². The van der Waals surface area contributed by atoms with Crippen LogP contribution in [0.5, 0.6) is 0 Å². The predicted molar refractivity (Wildman–Crippen MR) is 68.1 cm³/mol. The Morgan fingerprint density at radius 3 is 1.75 bits per heavy atom. The molecule has 1 heterocycles. The van der Waals surface area contributed by atoms with Gasteiger partial charge in [0, 0.05) is 0 Å². The molecule has 108 valence electrons. The van der Waals surface area contributed by atoms with Crippen molar-refractivity contribution in [3.8, 4) is 0 Å². The van der Waals surface area contributed by atoms with Gasteiger partial charge in [-0.25, -0.2) is 41.3 Å². The summed E-state index contributed by atoms with van der Waals surface area (Å²) in [5.74, 6) is 8.52. The van der Waals surface area contributed by atoms with Crippen molar-refractivity contribution in [2.45, 2.75) is 0 Å². The maximum Gasteiger partial charge on any atom is 0.335 e. The van der Waals surface area contributed by atoms with Gasteiger partial charge in [0.25, 0.3) is 5.91 Å². The second-order valence-corrected chi connectivity index (χ2v) is 3.65. The van der Waals surface area contributed by atoms with Crippen LogP contribution in [0.4, 0.5) is 21.2 Å². The molecule has 5 amide bonds. The van der Waals surface area contributed by atoms with Gasteiger partial charge in [-0.1, -0.05) is 11.6 Å². The fraction of sp³-hybridized carbons (Fsp3) is 0. The van der Waals surface area contributed by atoms with Gasteiger partial charge in [0.15, 0.2) is 22.5 Å². The van der Waals surface area contributed by atoms with Crippen molar-refractivity contribution in [2.75, 3.05) is 10.0 Å². The lowest BCUT2D eigenvalue weighted by Gasteiger charge is -2.19. The minimum Gasteiger partial charge on any atom is -0.364 e. The van der Waals surface area contributed by atoms with E-state index in [-0.39, 0.29) is 5.01 Å². The number of primary amides is 3. The second-order valence-electron chi connectivity index (χ2n) is 3.29. The highest BCUT2D eigenvalue weighted by molar-refractivity contribution is 6.32. The summed E-state index contributed by atoms with van der Waals surface area (Å²) in [4.78, 5) is 40.4. The van der Waals surface area contributed by atoms with Crippen LogP contribution in [0.2, 0.25) is 5.15 Å². The largest absolute Gasteiger partial charge is 0.364 e. The molecule has 20 heavy (non-hydrogen) atoms. The fourth-order valence-corrected chi connectivity index (χ4v) is 1.31. The number of urea groups is 2. The number of hydrogen-bond donors (Lipinski definition) is 5. The van der Waals surface area contributed by atoms with E-state index < -0.39 is 40.5 Å². The quantitative estimate of drug-likeness (QED) is 0.234. The molecule has 0 aliphatic rings. The SMILES string of the molecule is NC(=O)c1nc(Cl)c(N(N)C(N)=O)nc1N(N)C(N)=O. The van der Waals surface area contributed by atoms with Gasteiger partial charge in [-0.3, -0.25) is 4.79 Å². The van der Waals surface area contributed by atoms with Gasteiger partial charge in [0.2, 0.25) is 0 Å². The van der Waals surface area contributed by atoms with E-state index in [2.05, 4.69) is 9.97 Å². The van der Waals surface area contributed by atoms with Gasteiger partial charge in [-0.05, 0) is 0 Å². The van der Waals surface area contributed by atoms with E-state index in [0.717, 1.165) is 0 Å². The van der Waals surface area contributed by atoms with Gasteiger partial charge in [0.1, 0.15) is 0 Å². The number of halogens is 1. The number of hydrazine groups is 2. The monoisotopic (exact) mass is 303 g/mol. The van der Waals surface area contributed by atoms with Crippen molar-refractivity contribution in [1.82, 2.24) is 9.97 Å². The molecule has 1 rings (SSSR count). The highest BCUT2D eigenvalue weighted by Gasteiger charge is 2.25. The van der Waals surface area contributed by atoms with E-state index in [9.17, 15) is 14.4 Å². The number of anilines is 2. The summed E-state index contributed by atoms with van der Waals surface area (Å²) in [6.07, 6.45) is 0. The summed E-state index contributed by atoms with van der Waals surface area (Å²) in [5, 5.41) is 0.155. The molecule has 13 heteroatoms. The average molecular weight is 304 g/mol. The third-order valence-corrected chi connectivity index (χ3v) is 2.24. The van der Waals surface area contributed by atoms with E-state index >= 15 is 0 Å². The van der Waals surface area contributed by atoms with Gasteiger partial charge in [-0.2, -0.15) is 0 Å². The molecule has 0 bridgehead atoms. The normalized spacial score (nSPS) is 9.95. The summed E-state index contributed by atoms with van der Waals surface area (Å²) < 4.78 is 0. The molecular weight excluding hydrogens is 294 g/mol. The number of amides is 5. The Labute approximate surface area is 116 Å². The standard InChI is InChI=1S/C7H10ClN9O3/c8-2-5(17(13)7(11)20)15-4(16(12)6(10)19)1(14-2)3(9)18/h12-13H2,(H2,9,18)(H2,10,19)(H2,11,20). The zero-order valence-electron chi connectivity index (χ0n) is 9.78. The summed E-state index contributed by atoms with van der Waals surface area (Å²) in [5.41, 5.74) is 14.4. The average Bonchev–Trinajstić information content (AvgIpc) is 2.36. The zero-order chi connectivity index (χ0) is 15.6. The fourth-order valence-electron chi connectivity index (χ4n) is 1.09. The van der Waals surface area contributed by atoms with Crippen LogP contribution in [-0.2, 0) is 0 Å². The Bertz CT molecular complexity index is 591. The van der Waals surface area contributed by atoms with Gasteiger partial charge in [0.05, 0.1) is 0 Å². The van der Waals surface area contributed by atoms with Crippen LogP contribution < -0.4 is 38.9 Å². The lowest BCUT2D eigenvalue weighted by molar-refractivity contribution is 0.0996. The molecule has 0 aromatic carbocycles. The molecule has 12 nitrogen and oxygen atoms in total. The number of carbonyl (C=O) groups excluding carboxylic acids is 3. The molecule has 1 aromatic rings. The number of carbonyl (C=O) groups is 3. The topological polar surface area (TPSA) is 214 Å². The van der Waals surface area contributed by atoms with Gasteiger partial charge in [-0.15, -0.1) is 0 Å². The molecule has 0 aliphatic carbocycles. The molecule has 0 spiro atoms. The maximum atomic E-state index is 11.2. The lowest BCUT2D eigenvalue weighted by Crippen LogP contribution is -2.45. The molecule has 0 saturated heterocycles. The lowest BCUT2D eigenvalue weighted by atomic mass is 10.3. The Hall–Kier alpha value is -2.70. The molecule has 0 fully saturated rings. The maximum absolute atomic E-state index is 11.2. The van der Waals surface area contributed by atoms with Crippen molar-refractivity contribution in [3.05, 3.63) is 10.8 Å². The third kappa shape index (κ3) is 2.82. The number of aromatic nitrogens is 2. The molecule has 10 N–H and O–H groups in total. The highest BCUT2D eigenvalue weighted by Crippen LogP contribution is 2.25. The van der Waals surface area contributed by atoms with Crippen LogP contribution in [0.1, 0.15) is 10.5 Å². The third-order valence-electron chi connectivity index (χ3n) is 1.98. The Morgan fingerprint density at radius 1 is 0.900 bits per heavy atom. The summed E-state index contributed by atoms with van der Waals surface area (Å²) in [6, 6.07) is -2.29. The van der Waals surface area contributed by atoms with E-state index in [4.69, 9.17) is 40.5 Å². The summed E-state index contributed by atoms with van der Waals surface area (Å²) in [7, 11) is 0. The zero-order valence-corrected chi connectivity index (χ0v) is 10.5. The number of hydrogen-bond acceptors (Lipinski definition) is 7. The first-order valence-corrected chi connectivity index (χ1v) is 5.10. The van der Waals surface area contributed by atoms with Crippen LogP contribution in [0, 0.1) is 0 Å². The number of rotatable bonds is 3. The van der Waals surface area contributed by atoms with Crippen molar-refractivity contribution in [1.29, 1.82) is 0 Å². The second kappa shape index (κ2) is 5.52. The summed E-state index contributed by atoms with van der Waals surface area (Å²) in [6.45, 7) is 0. The predicted octanol–water partition coefficient (Wildman–Crippen LogP) is -2.25. The smallest absolute Gasteiger partial charge is 0.335 e. The van der Waals surface area contributed by atoms with Crippen LogP contribution in [0.15, 0.2) is 0 Å². The molecule has 0 unspecified atom stereocenters. The minimum absolute atomic E-state index is 0.280. The Morgan fingerprint density at radius 2 is 1.35 bits per heavy atom. The molecule has 0 aliphatic heterocycles. The molecular formula is C7H10ClN9O3. The van der Waals surface area contributed by atoms with Gasteiger partial charge >= 0.3 is 12.1 Å². The van der Waals surface area contributed by atoms with E-state index in [1.54, 1.807) is 0 Å². The van der Waals surface area contributed by atoms with Crippen molar-refractivity contribution < 1.29 is 14.4 Å². The van der Waals surface area contributed by atoms with Crippen LogP contribution in [0.25, 0.3) is 0 Å². The Balaban J connectivity index is 3.53. The van der Waals surface area contributed by atoms with E-state index in [1.807, 2.05) is 0 Å². The van der Waals surface area contributed by atoms with Crippen LogP contribution >= 0.6 is 11.6 Å². The first kappa shape index (κ1) is 15.4. The first-order valence-electron chi connectivity index (χ1n) is 4.72. The minimum atomic E-state index is -1.17.